The van der Waals surface area contributed by atoms with Gasteiger partial charge in [-0.05, 0) is 56.7 Å². The monoisotopic (exact) mass is 424 g/mol. The van der Waals surface area contributed by atoms with Crippen molar-refractivity contribution in [1.82, 2.24) is 4.98 Å². The van der Waals surface area contributed by atoms with Gasteiger partial charge in [-0.3, -0.25) is 10.1 Å². The molecular formula is C10H6BrIN2O2S. The molecule has 1 amide bonds. The van der Waals surface area contributed by atoms with Crippen molar-refractivity contribution in [3.05, 3.63) is 37.3 Å². The molecule has 2 N–H and O–H groups in total. The molecule has 1 heterocycles. The number of carbonyl (C=O) groups excluding carboxylic acids is 1. The molecule has 0 fully saturated rings. The second-order valence-electron chi connectivity index (χ2n) is 3.09. The Kier molecular flexibility index (Phi) is 4.00. The number of aromatic hydroxyl groups is 1. The number of phenols is 1. The van der Waals surface area contributed by atoms with Gasteiger partial charge in [-0.15, -0.1) is 0 Å². The Morgan fingerprint density at radius 2 is 2.29 bits per heavy atom. The lowest BCUT2D eigenvalue weighted by molar-refractivity contribution is 0.102. The minimum absolute atomic E-state index is 0.0430. The Labute approximate surface area is 123 Å². The number of hydrogen-bond acceptors (Lipinski definition) is 4. The van der Waals surface area contributed by atoms with Gasteiger partial charge in [0, 0.05) is 3.57 Å². The fourth-order valence-electron chi connectivity index (χ4n) is 1.17. The zero-order chi connectivity index (χ0) is 12.4. The van der Waals surface area contributed by atoms with Crippen molar-refractivity contribution in [3.8, 4) is 5.75 Å². The number of hydrogen-bond donors (Lipinski definition) is 2. The third-order valence-corrected chi connectivity index (χ3v) is 3.96. The van der Waals surface area contributed by atoms with Gasteiger partial charge in [-0.2, -0.15) is 0 Å². The van der Waals surface area contributed by atoms with Crippen molar-refractivity contribution in [2.45, 2.75) is 0 Å². The number of aromatic nitrogens is 1. The van der Waals surface area contributed by atoms with Gasteiger partial charge < -0.3 is 5.11 Å². The number of nitrogens with one attached hydrogen (secondary N) is 1. The SMILES string of the molecule is O=C(Nc1ncc(Br)s1)c1cc(I)ccc1O. The minimum Gasteiger partial charge on any atom is -0.507 e. The van der Waals surface area contributed by atoms with Gasteiger partial charge in [-0.1, -0.05) is 11.3 Å². The van der Waals surface area contributed by atoms with E-state index >= 15 is 0 Å². The van der Waals surface area contributed by atoms with E-state index in [4.69, 9.17) is 0 Å². The topological polar surface area (TPSA) is 62.2 Å². The Balaban J connectivity index is 2.22. The number of amides is 1. The van der Waals surface area contributed by atoms with Crippen LogP contribution in [0.25, 0.3) is 0 Å². The second kappa shape index (κ2) is 5.32. The van der Waals surface area contributed by atoms with Crippen LogP contribution in [0, 0.1) is 3.57 Å². The van der Waals surface area contributed by atoms with Crippen molar-refractivity contribution in [2.24, 2.45) is 0 Å². The molecule has 0 unspecified atom stereocenters. The number of carbonyl (C=O) groups is 1. The van der Waals surface area contributed by atoms with Crippen LogP contribution in [-0.4, -0.2) is 16.0 Å². The highest BCUT2D eigenvalue weighted by atomic mass is 127. The maximum Gasteiger partial charge on any atom is 0.261 e. The molecule has 0 aliphatic rings. The first-order valence-electron chi connectivity index (χ1n) is 4.47. The Hall–Kier alpha value is -0.670. The zero-order valence-corrected chi connectivity index (χ0v) is 12.8. The highest BCUT2D eigenvalue weighted by Gasteiger charge is 2.13. The molecular weight excluding hydrogens is 419 g/mol. The normalized spacial score (nSPS) is 10.2. The summed E-state index contributed by atoms with van der Waals surface area (Å²) in [6, 6.07) is 4.84. The Morgan fingerprint density at radius 3 is 2.94 bits per heavy atom. The van der Waals surface area contributed by atoms with Gasteiger partial charge in [0.05, 0.1) is 15.5 Å². The van der Waals surface area contributed by atoms with Gasteiger partial charge in [0.2, 0.25) is 0 Å². The maximum absolute atomic E-state index is 11.9. The summed E-state index contributed by atoms with van der Waals surface area (Å²) in [5, 5.41) is 12.7. The van der Waals surface area contributed by atoms with Crippen molar-refractivity contribution in [2.75, 3.05) is 5.32 Å². The van der Waals surface area contributed by atoms with Crippen molar-refractivity contribution in [3.63, 3.8) is 0 Å². The summed E-state index contributed by atoms with van der Waals surface area (Å²) in [5.41, 5.74) is 0.239. The second-order valence-corrected chi connectivity index (χ2v) is 6.74. The van der Waals surface area contributed by atoms with Gasteiger partial charge >= 0.3 is 0 Å². The molecule has 0 saturated heterocycles. The summed E-state index contributed by atoms with van der Waals surface area (Å²) < 4.78 is 1.71. The zero-order valence-electron chi connectivity index (χ0n) is 8.28. The molecule has 4 nitrogen and oxygen atoms in total. The highest BCUT2D eigenvalue weighted by Crippen LogP contribution is 2.25. The summed E-state index contributed by atoms with van der Waals surface area (Å²) >= 11 is 6.65. The minimum atomic E-state index is -0.372. The first-order valence-corrected chi connectivity index (χ1v) is 7.16. The fraction of sp³-hybridized carbons (Fsp3) is 0. The van der Waals surface area contributed by atoms with Crippen molar-refractivity contribution in [1.29, 1.82) is 0 Å². The molecule has 0 atom stereocenters. The van der Waals surface area contributed by atoms with Crippen LogP contribution in [0.4, 0.5) is 5.13 Å². The molecule has 0 aliphatic heterocycles. The van der Waals surface area contributed by atoms with Crippen LogP contribution in [-0.2, 0) is 0 Å². The van der Waals surface area contributed by atoms with Gasteiger partial charge in [0.1, 0.15) is 5.75 Å². The number of nitrogens with zero attached hydrogens (tertiary/aromatic N) is 1. The molecule has 0 bridgehead atoms. The summed E-state index contributed by atoms with van der Waals surface area (Å²) in [5.74, 6) is -0.415. The van der Waals surface area contributed by atoms with Crippen molar-refractivity contribution >= 4 is 60.9 Å². The number of benzene rings is 1. The van der Waals surface area contributed by atoms with E-state index in [1.807, 2.05) is 0 Å². The van der Waals surface area contributed by atoms with E-state index in [2.05, 4.69) is 48.8 Å². The van der Waals surface area contributed by atoms with E-state index < -0.39 is 0 Å². The van der Waals surface area contributed by atoms with E-state index in [1.165, 1.54) is 17.4 Å². The summed E-state index contributed by atoms with van der Waals surface area (Å²) in [4.78, 5) is 15.9. The molecule has 2 rings (SSSR count). The van der Waals surface area contributed by atoms with Crippen LogP contribution in [0.5, 0.6) is 5.75 Å². The molecule has 7 heteroatoms. The van der Waals surface area contributed by atoms with Crippen LogP contribution >= 0.6 is 49.9 Å². The molecule has 0 aliphatic carbocycles. The van der Waals surface area contributed by atoms with E-state index in [0.717, 1.165) is 7.36 Å². The number of halogens is 2. The molecule has 0 radical (unpaired) electrons. The largest absolute Gasteiger partial charge is 0.507 e. The average molecular weight is 425 g/mol. The van der Waals surface area contributed by atoms with Gasteiger partial charge in [0.15, 0.2) is 5.13 Å². The molecule has 88 valence electrons. The highest BCUT2D eigenvalue weighted by molar-refractivity contribution is 14.1. The summed E-state index contributed by atoms with van der Waals surface area (Å²) in [6.07, 6.45) is 1.61. The van der Waals surface area contributed by atoms with Crippen LogP contribution < -0.4 is 5.32 Å². The Bertz CT molecular complexity index is 573. The summed E-state index contributed by atoms with van der Waals surface area (Å²) in [6.45, 7) is 0. The third kappa shape index (κ3) is 3.17. The van der Waals surface area contributed by atoms with E-state index in [-0.39, 0.29) is 17.2 Å². The lowest BCUT2D eigenvalue weighted by atomic mass is 10.2. The molecule has 2 aromatic rings. The van der Waals surface area contributed by atoms with Crippen LogP contribution in [0.2, 0.25) is 0 Å². The maximum atomic E-state index is 11.9. The van der Waals surface area contributed by atoms with Crippen molar-refractivity contribution < 1.29 is 9.90 Å². The number of thiazole rings is 1. The van der Waals surface area contributed by atoms with Crippen LogP contribution in [0.3, 0.4) is 0 Å². The molecule has 17 heavy (non-hydrogen) atoms. The number of rotatable bonds is 2. The molecule has 1 aromatic heterocycles. The third-order valence-electron chi connectivity index (χ3n) is 1.90. The predicted octanol–water partition coefficient (Wildman–Crippen LogP) is 3.47. The van der Waals surface area contributed by atoms with E-state index in [0.29, 0.717) is 5.13 Å². The van der Waals surface area contributed by atoms with Crippen LogP contribution in [0.1, 0.15) is 10.4 Å². The number of anilines is 1. The average Bonchev–Trinajstić information content (AvgIpc) is 2.67. The Morgan fingerprint density at radius 1 is 1.53 bits per heavy atom. The predicted molar refractivity (Wildman–Crippen MR) is 78.6 cm³/mol. The standard InChI is InChI=1S/C10H6BrIN2O2S/c11-8-4-13-10(17-8)14-9(16)6-3-5(12)1-2-7(6)15/h1-4,15H,(H,13,14,16). The quantitative estimate of drug-likeness (QED) is 0.725. The molecule has 1 aromatic carbocycles. The molecule has 0 saturated carbocycles. The molecule has 0 spiro atoms. The van der Waals surface area contributed by atoms with Gasteiger partial charge in [-0.25, -0.2) is 4.98 Å². The first kappa shape index (κ1) is 12.8. The first-order chi connectivity index (χ1) is 8.06. The van der Waals surface area contributed by atoms with Crippen LogP contribution in [0.15, 0.2) is 28.2 Å². The fourth-order valence-corrected chi connectivity index (χ4v) is 2.76. The van der Waals surface area contributed by atoms with E-state index in [1.54, 1.807) is 18.3 Å². The smallest absolute Gasteiger partial charge is 0.261 e. The lowest BCUT2D eigenvalue weighted by Crippen LogP contribution is -2.12. The lowest BCUT2D eigenvalue weighted by Gasteiger charge is -2.04. The van der Waals surface area contributed by atoms with E-state index in [9.17, 15) is 9.90 Å². The number of phenolic OH excluding ortho intramolecular Hbond substituents is 1. The van der Waals surface area contributed by atoms with Gasteiger partial charge in [0.25, 0.3) is 5.91 Å². The summed E-state index contributed by atoms with van der Waals surface area (Å²) in [7, 11) is 0.